The Hall–Kier alpha value is -2.28. The molecule has 21 heavy (non-hydrogen) atoms. The molecule has 2 aromatic carbocycles. The highest BCUT2D eigenvalue weighted by molar-refractivity contribution is 5.69. The predicted octanol–water partition coefficient (Wildman–Crippen LogP) is 4.94. The topological polar surface area (TPSA) is 12.0 Å². The van der Waals surface area contributed by atoms with Crippen molar-refractivity contribution in [2.45, 2.75) is 26.8 Å². The smallest absolute Gasteiger partial charge is 0.0703 e. The van der Waals surface area contributed by atoms with Crippen molar-refractivity contribution in [1.82, 2.24) is 5.32 Å². The van der Waals surface area contributed by atoms with Gasteiger partial charge in [-0.3, -0.25) is 0 Å². The van der Waals surface area contributed by atoms with Gasteiger partial charge in [-0.05, 0) is 38.0 Å². The van der Waals surface area contributed by atoms with Crippen LogP contribution in [-0.2, 0) is 0 Å². The monoisotopic (exact) mass is 275 g/mol. The van der Waals surface area contributed by atoms with Crippen molar-refractivity contribution in [3.63, 3.8) is 0 Å². The van der Waals surface area contributed by atoms with Gasteiger partial charge in [-0.2, -0.15) is 0 Å². The zero-order chi connectivity index (χ0) is 14.8. The molecule has 1 atom stereocenters. The molecule has 1 heteroatoms. The Morgan fingerprint density at radius 1 is 0.762 bits per heavy atom. The predicted molar refractivity (Wildman–Crippen MR) is 90.0 cm³/mol. The molecule has 1 N–H and O–H groups in total. The Kier molecular flexibility index (Phi) is 3.66. The summed E-state index contributed by atoms with van der Waals surface area (Å²) in [6.45, 7) is 6.40. The molecule has 1 unspecified atom stereocenters. The van der Waals surface area contributed by atoms with E-state index in [1.54, 1.807) is 0 Å². The summed E-state index contributed by atoms with van der Waals surface area (Å²) < 4.78 is 0. The van der Waals surface area contributed by atoms with Crippen molar-refractivity contribution >= 4 is 5.70 Å². The highest BCUT2D eigenvalue weighted by Gasteiger charge is 2.15. The molecule has 2 aromatic rings. The van der Waals surface area contributed by atoms with E-state index in [0.29, 0.717) is 0 Å². The summed E-state index contributed by atoms with van der Waals surface area (Å²) in [5.74, 6) is 0. The zero-order valence-corrected chi connectivity index (χ0v) is 12.9. The summed E-state index contributed by atoms with van der Waals surface area (Å²) in [7, 11) is 0. The van der Waals surface area contributed by atoms with Gasteiger partial charge in [-0.25, -0.2) is 0 Å². The van der Waals surface area contributed by atoms with Gasteiger partial charge in [0.15, 0.2) is 0 Å². The number of hydrogen-bond donors (Lipinski definition) is 1. The summed E-state index contributed by atoms with van der Waals surface area (Å²) in [5, 5.41) is 3.64. The minimum Gasteiger partial charge on any atom is -0.374 e. The fourth-order valence-corrected chi connectivity index (χ4v) is 2.64. The van der Waals surface area contributed by atoms with Gasteiger partial charge in [0.2, 0.25) is 0 Å². The summed E-state index contributed by atoms with van der Waals surface area (Å²) in [6.07, 6.45) is 4.50. The standard InChI is InChI=1S/C20H21N/c1-14-4-8-17(9-5-14)19-12-16(3)13-20(21-19)18-10-6-15(2)7-11-18/h4-13,19,21H,1-3H3. The molecule has 0 saturated heterocycles. The van der Waals surface area contributed by atoms with E-state index in [2.05, 4.69) is 86.8 Å². The number of dihydropyridines is 1. The third-order valence-electron chi connectivity index (χ3n) is 3.91. The molecule has 0 amide bonds. The maximum atomic E-state index is 3.64. The van der Waals surface area contributed by atoms with Gasteiger partial charge < -0.3 is 5.32 Å². The van der Waals surface area contributed by atoms with Crippen LogP contribution in [0.5, 0.6) is 0 Å². The highest BCUT2D eigenvalue weighted by atomic mass is 14.9. The van der Waals surface area contributed by atoms with Crippen LogP contribution >= 0.6 is 0 Å². The molecule has 0 bridgehead atoms. The lowest BCUT2D eigenvalue weighted by atomic mass is 9.97. The molecule has 0 aromatic heterocycles. The number of aryl methyl sites for hydroxylation is 2. The maximum Gasteiger partial charge on any atom is 0.0703 e. The zero-order valence-electron chi connectivity index (χ0n) is 12.9. The fourth-order valence-electron chi connectivity index (χ4n) is 2.64. The van der Waals surface area contributed by atoms with Crippen LogP contribution in [0.25, 0.3) is 5.70 Å². The van der Waals surface area contributed by atoms with Gasteiger partial charge in [0.25, 0.3) is 0 Å². The number of benzene rings is 2. The lowest BCUT2D eigenvalue weighted by Crippen LogP contribution is -2.21. The first-order chi connectivity index (χ1) is 10.1. The first-order valence-corrected chi connectivity index (χ1v) is 7.42. The second-order valence-electron chi connectivity index (χ2n) is 5.87. The van der Waals surface area contributed by atoms with Crippen molar-refractivity contribution in [3.8, 4) is 0 Å². The molecule has 1 heterocycles. The second kappa shape index (κ2) is 5.61. The molecular weight excluding hydrogens is 254 g/mol. The first kappa shape index (κ1) is 13.7. The molecule has 0 fully saturated rings. The van der Waals surface area contributed by atoms with Gasteiger partial charge in [0, 0.05) is 5.70 Å². The summed E-state index contributed by atoms with van der Waals surface area (Å²) in [4.78, 5) is 0. The SMILES string of the molecule is CC1=CC(c2ccc(C)cc2)NC(c2ccc(C)cc2)=C1. The van der Waals surface area contributed by atoms with E-state index in [-0.39, 0.29) is 6.04 Å². The molecule has 0 saturated carbocycles. The van der Waals surface area contributed by atoms with E-state index in [1.165, 1.54) is 33.5 Å². The van der Waals surface area contributed by atoms with Gasteiger partial charge in [0.1, 0.15) is 0 Å². The van der Waals surface area contributed by atoms with E-state index in [1.807, 2.05) is 0 Å². The lowest BCUT2D eigenvalue weighted by molar-refractivity contribution is 0.756. The van der Waals surface area contributed by atoms with Crippen molar-refractivity contribution in [2.24, 2.45) is 0 Å². The molecule has 106 valence electrons. The molecule has 0 spiro atoms. The molecule has 0 radical (unpaired) electrons. The molecule has 1 aliphatic rings. The van der Waals surface area contributed by atoms with Crippen molar-refractivity contribution in [3.05, 3.63) is 88.5 Å². The van der Waals surface area contributed by atoms with Gasteiger partial charge >= 0.3 is 0 Å². The lowest BCUT2D eigenvalue weighted by Gasteiger charge is -2.24. The van der Waals surface area contributed by atoms with Gasteiger partial charge in [-0.15, -0.1) is 0 Å². The third-order valence-corrected chi connectivity index (χ3v) is 3.91. The second-order valence-corrected chi connectivity index (χ2v) is 5.87. The van der Waals surface area contributed by atoms with Crippen molar-refractivity contribution in [2.75, 3.05) is 0 Å². The van der Waals surface area contributed by atoms with E-state index in [0.717, 1.165) is 0 Å². The number of nitrogens with one attached hydrogen (secondary N) is 1. The maximum absolute atomic E-state index is 3.64. The van der Waals surface area contributed by atoms with Crippen LogP contribution in [0, 0.1) is 13.8 Å². The normalized spacial score (nSPS) is 17.8. The average Bonchev–Trinajstić information content (AvgIpc) is 2.48. The fraction of sp³-hybridized carbons (Fsp3) is 0.200. The molecule has 1 nitrogen and oxygen atoms in total. The summed E-state index contributed by atoms with van der Waals surface area (Å²) in [5.41, 5.74) is 7.63. The van der Waals surface area contributed by atoms with Gasteiger partial charge in [-0.1, -0.05) is 71.3 Å². The Morgan fingerprint density at radius 2 is 1.33 bits per heavy atom. The van der Waals surface area contributed by atoms with Crippen molar-refractivity contribution < 1.29 is 0 Å². The number of hydrogen-bond acceptors (Lipinski definition) is 1. The van der Waals surface area contributed by atoms with Crippen LogP contribution in [0.2, 0.25) is 0 Å². The average molecular weight is 275 g/mol. The van der Waals surface area contributed by atoms with Crippen molar-refractivity contribution in [1.29, 1.82) is 0 Å². The summed E-state index contributed by atoms with van der Waals surface area (Å²) >= 11 is 0. The van der Waals surface area contributed by atoms with E-state index < -0.39 is 0 Å². The summed E-state index contributed by atoms with van der Waals surface area (Å²) in [6, 6.07) is 17.7. The molecule has 1 aliphatic heterocycles. The molecule has 0 aliphatic carbocycles. The van der Waals surface area contributed by atoms with Crippen LogP contribution in [0.15, 0.2) is 66.3 Å². The number of rotatable bonds is 2. The third kappa shape index (κ3) is 3.08. The minimum atomic E-state index is 0.243. The quantitative estimate of drug-likeness (QED) is 0.819. The Bertz CT molecular complexity index is 688. The van der Waals surface area contributed by atoms with Crippen LogP contribution in [-0.4, -0.2) is 0 Å². The Morgan fingerprint density at radius 3 is 1.95 bits per heavy atom. The molecule has 3 rings (SSSR count). The minimum absolute atomic E-state index is 0.243. The van der Waals surface area contributed by atoms with Crippen LogP contribution < -0.4 is 5.32 Å². The van der Waals surface area contributed by atoms with Crippen LogP contribution in [0.3, 0.4) is 0 Å². The molecular formula is C20H21N. The largest absolute Gasteiger partial charge is 0.374 e. The van der Waals surface area contributed by atoms with Crippen LogP contribution in [0.1, 0.15) is 35.2 Å². The van der Waals surface area contributed by atoms with E-state index in [9.17, 15) is 0 Å². The first-order valence-electron chi connectivity index (χ1n) is 7.42. The van der Waals surface area contributed by atoms with E-state index in [4.69, 9.17) is 0 Å². The van der Waals surface area contributed by atoms with Crippen LogP contribution in [0.4, 0.5) is 0 Å². The number of allylic oxidation sites excluding steroid dienone is 2. The highest BCUT2D eigenvalue weighted by Crippen LogP contribution is 2.27. The Labute approximate surface area is 127 Å². The van der Waals surface area contributed by atoms with Gasteiger partial charge in [0.05, 0.1) is 6.04 Å². The van der Waals surface area contributed by atoms with E-state index >= 15 is 0 Å². The Balaban J connectivity index is 1.90.